The van der Waals surface area contributed by atoms with Crippen LogP contribution in [0.25, 0.3) is 0 Å². The Morgan fingerprint density at radius 3 is 2.48 bits per heavy atom. The lowest BCUT2D eigenvalue weighted by Gasteiger charge is -2.43. The molecule has 1 aliphatic heterocycles. The summed E-state index contributed by atoms with van der Waals surface area (Å²) in [5.74, 6) is -4.12. The largest absolute Gasteiger partial charge is 0.480 e. The molecule has 0 spiro atoms. The summed E-state index contributed by atoms with van der Waals surface area (Å²) in [4.78, 5) is 23.8. The van der Waals surface area contributed by atoms with E-state index in [2.05, 4.69) is 5.32 Å². The summed E-state index contributed by atoms with van der Waals surface area (Å²) in [5.41, 5.74) is 0. The molecule has 25 heavy (non-hydrogen) atoms. The summed E-state index contributed by atoms with van der Waals surface area (Å²) < 4.78 is 26.9. The van der Waals surface area contributed by atoms with Gasteiger partial charge >= 0.3 is 11.9 Å². The van der Waals surface area contributed by atoms with Gasteiger partial charge in [-0.3, -0.25) is 14.5 Å². The molecule has 6 nitrogen and oxygen atoms in total. The highest BCUT2D eigenvalue weighted by Gasteiger charge is 2.39. The number of carboxylic acid groups (broad SMARTS) is 2. The van der Waals surface area contributed by atoms with E-state index < -0.39 is 36.5 Å². The summed E-state index contributed by atoms with van der Waals surface area (Å²) in [5, 5.41) is 21.4. The van der Waals surface area contributed by atoms with E-state index in [1.54, 1.807) is 0 Å². The van der Waals surface area contributed by atoms with Gasteiger partial charge in [-0.05, 0) is 56.9 Å². The predicted molar refractivity (Wildman–Crippen MR) is 87.7 cm³/mol. The maximum atomic E-state index is 13.5. The first-order valence-corrected chi connectivity index (χ1v) is 8.87. The van der Waals surface area contributed by atoms with Gasteiger partial charge < -0.3 is 15.5 Å². The van der Waals surface area contributed by atoms with Crippen LogP contribution in [0.3, 0.4) is 0 Å². The number of rotatable bonds is 7. The van der Waals surface area contributed by atoms with Crippen molar-refractivity contribution in [2.75, 3.05) is 19.6 Å². The van der Waals surface area contributed by atoms with E-state index in [1.165, 1.54) is 11.8 Å². The van der Waals surface area contributed by atoms with E-state index in [1.807, 2.05) is 0 Å². The second-order valence-corrected chi connectivity index (χ2v) is 7.75. The molecule has 144 valence electrons. The van der Waals surface area contributed by atoms with Crippen LogP contribution in [0.2, 0.25) is 0 Å². The van der Waals surface area contributed by atoms with Crippen molar-refractivity contribution in [3.05, 3.63) is 0 Å². The minimum absolute atomic E-state index is 0.123. The maximum Gasteiger partial charge on any atom is 0.320 e. The zero-order valence-corrected chi connectivity index (χ0v) is 14.8. The van der Waals surface area contributed by atoms with Crippen LogP contribution in [-0.2, 0) is 9.59 Å². The topological polar surface area (TPSA) is 89.9 Å². The number of hydrogen-bond acceptors (Lipinski definition) is 4. The highest BCUT2D eigenvalue weighted by molar-refractivity contribution is 5.73. The molecular formula is C17H28F2N2O4. The molecule has 0 amide bonds. The highest BCUT2D eigenvalue weighted by Crippen LogP contribution is 2.39. The molecule has 0 bridgehead atoms. The van der Waals surface area contributed by atoms with Crippen LogP contribution in [0.15, 0.2) is 0 Å². The SMILES string of the molecule is CC(C(=O)O)N(C[C@H]1CC[C@H]2CNC(C(=O)O)C[C@H]2C1)CC(C)(F)F. The molecule has 5 atom stereocenters. The number of aliphatic carboxylic acids is 2. The number of hydrogen-bond donors (Lipinski definition) is 3. The lowest BCUT2D eigenvalue weighted by Crippen LogP contribution is -2.51. The summed E-state index contributed by atoms with van der Waals surface area (Å²) in [6.45, 7) is 2.65. The number of fused-ring (bicyclic) bond motifs is 1. The molecule has 1 saturated carbocycles. The minimum Gasteiger partial charge on any atom is -0.480 e. The number of alkyl halides is 2. The molecule has 1 saturated heterocycles. The molecule has 8 heteroatoms. The molecule has 1 heterocycles. The standard InChI is InChI=1S/C17H28F2N2O4/c1-10(15(22)23)21(9-17(2,18)19)8-11-3-4-12-7-20-14(16(24)25)6-13(12)5-11/h10-14,20H,3-9H2,1-2H3,(H,22,23)(H,24,25)/t10?,11-,12-,13+,14?/m0/s1. The smallest absolute Gasteiger partial charge is 0.320 e. The normalized spacial score (nSPS) is 31.4. The minimum atomic E-state index is -2.95. The van der Waals surface area contributed by atoms with Gasteiger partial charge in [0, 0.05) is 13.5 Å². The first-order valence-electron chi connectivity index (χ1n) is 8.87. The Morgan fingerprint density at radius 2 is 1.92 bits per heavy atom. The number of piperidine rings is 1. The summed E-state index contributed by atoms with van der Waals surface area (Å²) >= 11 is 0. The van der Waals surface area contributed by atoms with Crippen molar-refractivity contribution in [2.45, 2.75) is 57.5 Å². The van der Waals surface area contributed by atoms with Crippen LogP contribution >= 0.6 is 0 Å². The van der Waals surface area contributed by atoms with Crippen molar-refractivity contribution in [3.8, 4) is 0 Å². The van der Waals surface area contributed by atoms with Gasteiger partial charge in [0.25, 0.3) is 5.92 Å². The van der Waals surface area contributed by atoms with Crippen LogP contribution in [0.5, 0.6) is 0 Å². The van der Waals surface area contributed by atoms with Crippen LogP contribution in [0.4, 0.5) is 8.78 Å². The molecule has 2 unspecified atom stereocenters. The summed E-state index contributed by atoms with van der Waals surface area (Å²) in [6, 6.07) is -1.52. The Morgan fingerprint density at radius 1 is 1.24 bits per heavy atom. The molecule has 1 aliphatic carbocycles. The molecule has 0 radical (unpaired) electrons. The third-order valence-electron chi connectivity index (χ3n) is 5.59. The van der Waals surface area contributed by atoms with Gasteiger partial charge in [-0.1, -0.05) is 0 Å². The number of nitrogens with one attached hydrogen (secondary N) is 1. The fourth-order valence-corrected chi connectivity index (χ4v) is 4.22. The summed E-state index contributed by atoms with van der Waals surface area (Å²) in [7, 11) is 0. The van der Waals surface area contributed by atoms with E-state index >= 15 is 0 Å². The van der Waals surface area contributed by atoms with Gasteiger partial charge in [0.1, 0.15) is 12.1 Å². The van der Waals surface area contributed by atoms with Gasteiger partial charge in [-0.15, -0.1) is 0 Å². The summed E-state index contributed by atoms with van der Waals surface area (Å²) in [6.07, 6.45) is 3.11. The van der Waals surface area contributed by atoms with E-state index in [9.17, 15) is 28.6 Å². The van der Waals surface area contributed by atoms with Crippen molar-refractivity contribution in [1.82, 2.24) is 10.2 Å². The highest BCUT2D eigenvalue weighted by atomic mass is 19.3. The second-order valence-electron chi connectivity index (χ2n) is 7.75. The fourth-order valence-electron chi connectivity index (χ4n) is 4.22. The number of carboxylic acids is 2. The van der Waals surface area contributed by atoms with E-state index in [4.69, 9.17) is 0 Å². The molecule has 0 aromatic rings. The molecule has 0 aromatic carbocycles. The van der Waals surface area contributed by atoms with Gasteiger partial charge in [-0.2, -0.15) is 0 Å². The van der Waals surface area contributed by atoms with E-state index in [-0.39, 0.29) is 11.8 Å². The number of nitrogens with zero attached hydrogens (tertiary/aromatic N) is 1. The quantitative estimate of drug-likeness (QED) is 0.641. The number of carbonyl (C=O) groups is 2. The Kier molecular flexibility index (Phi) is 6.37. The first kappa shape index (κ1) is 20.0. The maximum absolute atomic E-state index is 13.5. The Labute approximate surface area is 146 Å². The molecule has 0 aromatic heterocycles. The Bertz CT molecular complexity index is 498. The van der Waals surface area contributed by atoms with Gasteiger partial charge in [0.2, 0.25) is 0 Å². The zero-order chi connectivity index (χ0) is 18.8. The van der Waals surface area contributed by atoms with Gasteiger partial charge in [-0.25, -0.2) is 8.78 Å². The average molecular weight is 362 g/mol. The van der Waals surface area contributed by atoms with Crippen molar-refractivity contribution < 1.29 is 28.6 Å². The third kappa shape index (κ3) is 5.60. The van der Waals surface area contributed by atoms with Crippen molar-refractivity contribution in [2.24, 2.45) is 17.8 Å². The van der Waals surface area contributed by atoms with Crippen LogP contribution in [0, 0.1) is 17.8 Å². The predicted octanol–water partition coefficient (Wildman–Crippen LogP) is 1.90. The molecule has 3 N–H and O–H groups in total. The van der Waals surface area contributed by atoms with Crippen molar-refractivity contribution in [3.63, 3.8) is 0 Å². The zero-order valence-electron chi connectivity index (χ0n) is 14.8. The monoisotopic (exact) mass is 362 g/mol. The van der Waals surface area contributed by atoms with Gasteiger partial charge in [0.15, 0.2) is 0 Å². The first-order chi connectivity index (χ1) is 11.6. The van der Waals surface area contributed by atoms with Crippen LogP contribution in [0.1, 0.15) is 39.5 Å². The molecule has 2 rings (SSSR count). The Hall–Kier alpha value is -1.28. The van der Waals surface area contributed by atoms with Gasteiger partial charge in [0.05, 0.1) is 6.54 Å². The van der Waals surface area contributed by atoms with Crippen molar-refractivity contribution in [1.29, 1.82) is 0 Å². The lowest BCUT2D eigenvalue weighted by atomic mass is 9.69. The van der Waals surface area contributed by atoms with Crippen molar-refractivity contribution >= 4 is 11.9 Å². The second kappa shape index (κ2) is 7.95. The van der Waals surface area contributed by atoms with Crippen LogP contribution in [-0.4, -0.2) is 64.7 Å². The third-order valence-corrected chi connectivity index (χ3v) is 5.59. The van der Waals surface area contributed by atoms with E-state index in [0.29, 0.717) is 25.4 Å². The molecule has 2 aliphatic rings. The van der Waals surface area contributed by atoms with Crippen LogP contribution < -0.4 is 5.32 Å². The number of halogens is 2. The lowest BCUT2D eigenvalue weighted by molar-refractivity contribution is -0.145. The molecular weight excluding hydrogens is 334 g/mol. The fraction of sp³-hybridized carbons (Fsp3) is 0.882. The molecule has 2 fully saturated rings. The Balaban J connectivity index is 1.99. The average Bonchev–Trinajstić information content (AvgIpc) is 2.51. The van der Waals surface area contributed by atoms with E-state index in [0.717, 1.165) is 26.2 Å².